The van der Waals surface area contributed by atoms with Crippen molar-refractivity contribution >= 4 is 40.0 Å². The van der Waals surface area contributed by atoms with Gasteiger partial charge in [-0.1, -0.05) is 24.3 Å². The fourth-order valence-corrected chi connectivity index (χ4v) is 3.76. The smallest absolute Gasteiger partial charge is 0.258 e. The third-order valence-corrected chi connectivity index (χ3v) is 5.17. The molecule has 0 aliphatic carbocycles. The Morgan fingerprint density at radius 1 is 1.00 bits per heavy atom. The van der Waals surface area contributed by atoms with E-state index in [4.69, 9.17) is 0 Å². The van der Waals surface area contributed by atoms with E-state index in [9.17, 15) is 9.59 Å². The van der Waals surface area contributed by atoms with E-state index in [-0.39, 0.29) is 11.8 Å². The molecule has 0 fully saturated rings. The minimum Gasteiger partial charge on any atom is -0.378 e. The van der Waals surface area contributed by atoms with Crippen molar-refractivity contribution in [1.82, 2.24) is 4.98 Å². The predicted octanol–water partition coefficient (Wildman–Crippen LogP) is 4.20. The van der Waals surface area contributed by atoms with Gasteiger partial charge in [0.1, 0.15) is 0 Å². The Morgan fingerprint density at radius 3 is 2.47 bits per heavy atom. The first-order valence-corrected chi connectivity index (χ1v) is 9.75. The molecular weight excluding hydrogens is 376 g/mol. The van der Waals surface area contributed by atoms with Crippen LogP contribution in [-0.4, -0.2) is 30.9 Å². The van der Waals surface area contributed by atoms with Crippen molar-refractivity contribution in [2.45, 2.75) is 13.8 Å². The number of rotatable bonds is 4. The molecule has 2 heterocycles. The summed E-state index contributed by atoms with van der Waals surface area (Å²) in [6, 6.07) is 17.0. The maximum atomic E-state index is 13.5. The Morgan fingerprint density at radius 2 is 1.77 bits per heavy atom. The van der Waals surface area contributed by atoms with Gasteiger partial charge in [-0.3, -0.25) is 9.59 Å². The van der Waals surface area contributed by atoms with Crippen molar-refractivity contribution < 1.29 is 9.59 Å². The van der Waals surface area contributed by atoms with Gasteiger partial charge in [-0.2, -0.15) is 0 Å². The molecule has 1 aliphatic rings. The summed E-state index contributed by atoms with van der Waals surface area (Å²) >= 11 is 0. The number of H-pyrrole nitrogens is 1. The number of carbonyl (C=O) groups excluding carboxylic acids is 2. The highest BCUT2D eigenvalue weighted by atomic mass is 16.2. The Hall–Kier alpha value is -3.80. The number of hydrogen-bond acceptors (Lipinski definition) is 3. The minimum atomic E-state index is -0.335. The van der Waals surface area contributed by atoms with E-state index in [1.54, 1.807) is 0 Å². The zero-order valence-electron chi connectivity index (χ0n) is 17.5. The number of para-hydroxylation sites is 1. The number of carbonyl (C=O) groups is 2. The average Bonchev–Trinajstić information content (AvgIpc) is 3.21. The van der Waals surface area contributed by atoms with E-state index >= 15 is 0 Å². The predicted molar refractivity (Wildman–Crippen MR) is 122 cm³/mol. The largest absolute Gasteiger partial charge is 0.378 e. The van der Waals surface area contributed by atoms with E-state index < -0.39 is 0 Å². The standard InChI is InChI=1S/C24H24N4O2/c1-14-12-15(2)25-22(14)21(20-18-10-5-6-11-19(18)27-23(20)29)24(30)26-16-8-7-9-17(13-16)28(3)4/h5-13,25H,1-4H3,(H,26,30)(H,27,29)/b21-20+. The van der Waals surface area contributed by atoms with Crippen LogP contribution in [0.3, 0.4) is 0 Å². The van der Waals surface area contributed by atoms with Gasteiger partial charge in [0.2, 0.25) is 0 Å². The molecule has 3 aromatic rings. The van der Waals surface area contributed by atoms with Crippen molar-refractivity contribution in [2.75, 3.05) is 29.6 Å². The van der Waals surface area contributed by atoms with E-state index in [0.717, 1.165) is 22.5 Å². The molecule has 6 heteroatoms. The second-order valence-electron chi connectivity index (χ2n) is 7.66. The van der Waals surface area contributed by atoms with Crippen molar-refractivity contribution in [3.63, 3.8) is 0 Å². The molecule has 0 radical (unpaired) electrons. The monoisotopic (exact) mass is 400 g/mol. The van der Waals surface area contributed by atoms with Crippen LogP contribution in [0.5, 0.6) is 0 Å². The second kappa shape index (κ2) is 7.55. The molecule has 0 unspecified atom stereocenters. The normalized spacial score (nSPS) is 14.2. The zero-order valence-corrected chi connectivity index (χ0v) is 17.5. The number of benzene rings is 2. The minimum absolute atomic E-state index is 0.282. The topological polar surface area (TPSA) is 77.2 Å². The molecule has 2 aromatic carbocycles. The van der Waals surface area contributed by atoms with Crippen LogP contribution in [0.15, 0.2) is 54.6 Å². The van der Waals surface area contributed by atoms with Gasteiger partial charge >= 0.3 is 0 Å². The lowest BCUT2D eigenvalue weighted by atomic mass is 9.96. The van der Waals surface area contributed by atoms with Crippen molar-refractivity contribution in [3.05, 3.63) is 77.1 Å². The van der Waals surface area contributed by atoms with Gasteiger partial charge < -0.3 is 20.5 Å². The maximum absolute atomic E-state index is 13.5. The van der Waals surface area contributed by atoms with Crippen molar-refractivity contribution in [3.8, 4) is 0 Å². The fraction of sp³-hybridized carbons (Fsp3) is 0.167. The van der Waals surface area contributed by atoms with E-state index in [1.165, 1.54) is 0 Å². The van der Waals surface area contributed by atoms with Crippen LogP contribution in [0, 0.1) is 13.8 Å². The van der Waals surface area contributed by atoms with Crippen LogP contribution in [0.4, 0.5) is 17.1 Å². The molecule has 1 aliphatic heterocycles. The van der Waals surface area contributed by atoms with Gasteiger partial charge in [0.05, 0.1) is 16.8 Å². The van der Waals surface area contributed by atoms with E-state index in [0.29, 0.717) is 28.2 Å². The molecule has 0 saturated carbocycles. The lowest BCUT2D eigenvalue weighted by molar-refractivity contribution is -0.112. The average molecular weight is 400 g/mol. The second-order valence-corrected chi connectivity index (χ2v) is 7.66. The van der Waals surface area contributed by atoms with Crippen LogP contribution in [-0.2, 0) is 9.59 Å². The van der Waals surface area contributed by atoms with Gasteiger partial charge in [0.15, 0.2) is 0 Å². The maximum Gasteiger partial charge on any atom is 0.258 e. The molecule has 3 N–H and O–H groups in total. The van der Waals surface area contributed by atoms with Crippen molar-refractivity contribution in [1.29, 1.82) is 0 Å². The number of aromatic amines is 1. The summed E-state index contributed by atoms with van der Waals surface area (Å²) < 4.78 is 0. The van der Waals surface area contributed by atoms with Crippen LogP contribution in [0.25, 0.3) is 11.1 Å². The highest BCUT2D eigenvalue weighted by Gasteiger charge is 2.32. The first-order valence-electron chi connectivity index (χ1n) is 9.75. The summed E-state index contributed by atoms with van der Waals surface area (Å²) in [5, 5.41) is 5.85. The molecule has 1 aromatic heterocycles. The number of aryl methyl sites for hydroxylation is 2. The fourth-order valence-electron chi connectivity index (χ4n) is 3.76. The lowest BCUT2D eigenvalue weighted by Crippen LogP contribution is -2.19. The summed E-state index contributed by atoms with van der Waals surface area (Å²) in [6.45, 7) is 3.86. The lowest BCUT2D eigenvalue weighted by Gasteiger charge is -2.15. The molecule has 6 nitrogen and oxygen atoms in total. The number of amides is 2. The molecule has 0 bridgehead atoms. The number of nitrogens with zero attached hydrogens (tertiary/aromatic N) is 1. The third kappa shape index (κ3) is 3.48. The molecule has 2 amide bonds. The number of nitrogens with one attached hydrogen (secondary N) is 3. The van der Waals surface area contributed by atoms with E-state index in [2.05, 4.69) is 15.6 Å². The van der Waals surface area contributed by atoms with Gasteiger partial charge in [-0.15, -0.1) is 0 Å². The molecule has 0 atom stereocenters. The number of hydrogen-bond donors (Lipinski definition) is 3. The SMILES string of the molecule is Cc1cc(C)c(/C(C(=O)Nc2cccc(N(C)C)c2)=C2\C(=O)Nc3ccccc32)[nH]1. The summed E-state index contributed by atoms with van der Waals surface area (Å²) in [5.74, 6) is -0.618. The highest BCUT2D eigenvalue weighted by Crippen LogP contribution is 2.38. The Labute approximate surface area is 175 Å². The van der Waals surface area contributed by atoms with Gasteiger partial charge in [-0.05, 0) is 49.7 Å². The molecule has 30 heavy (non-hydrogen) atoms. The summed E-state index contributed by atoms with van der Waals surface area (Å²) in [4.78, 5) is 31.6. The van der Waals surface area contributed by atoms with Crippen LogP contribution in [0.2, 0.25) is 0 Å². The Bertz CT molecular complexity index is 1190. The van der Waals surface area contributed by atoms with Crippen LogP contribution in [0.1, 0.15) is 22.5 Å². The summed E-state index contributed by atoms with van der Waals surface area (Å²) in [7, 11) is 3.89. The van der Waals surface area contributed by atoms with Gasteiger partial charge in [-0.25, -0.2) is 0 Å². The van der Waals surface area contributed by atoms with Crippen molar-refractivity contribution in [2.24, 2.45) is 0 Å². The number of fused-ring (bicyclic) bond motifs is 1. The highest BCUT2D eigenvalue weighted by molar-refractivity contribution is 6.46. The molecule has 152 valence electrons. The molecule has 0 spiro atoms. The molecule has 0 saturated heterocycles. The summed E-state index contributed by atoms with van der Waals surface area (Å²) in [5.41, 5.74) is 6.25. The Kier molecular flexibility index (Phi) is 4.91. The number of aromatic nitrogens is 1. The van der Waals surface area contributed by atoms with Gasteiger partial charge in [0.25, 0.3) is 11.8 Å². The zero-order chi connectivity index (χ0) is 21.4. The van der Waals surface area contributed by atoms with Crippen LogP contribution < -0.4 is 15.5 Å². The third-order valence-electron chi connectivity index (χ3n) is 5.17. The summed E-state index contributed by atoms with van der Waals surface area (Å²) in [6.07, 6.45) is 0. The quantitative estimate of drug-likeness (QED) is 0.575. The van der Waals surface area contributed by atoms with Gasteiger partial charge in [0, 0.05) is 42.4 Å². The Balaban J connectivity index is 1.85. The van der Waals surface area contributed by atoms with E-state index in [1.807, 2.05) is 87.4 Å². The first kappa shape index (κ1) is 19.5. The van der Waals surface area contributed by atoms with Crippen LogP contribution >= 0.6 is 0 Å². The number of anilines is 3. The molecular formula is C24H24N4O2. The molecule has 4 rings (SSSR count). The first-order chi connectivity index (χ1) is 14.3.